The number of fused-ring (bicyclic) bond motifs is 1. The van der Waals surface area contributed by atoms with Crippen LogP contribution in [0.3, 0.4) is 0 Å². The van der Waals surface area contributed by atoms with Crippen LogP contribution in [0.15, 0.2) is 48.5 Å². The summed E-state index contributed by atoms with van der Waals surface area (Å²) in [4.78, 5) is 30.6. The van der Waals surface area contributed by atoms with E-state index in [2.05, 4.69) is 17.1 Å². The van der Waals surface area contributed by atoms with Gasteiger partial charge in [0, 0.05) is 31.3 Å². The van der Waals surface area contributed by atoms with E-state index >= 15 is 0 Å². The van der Waals surface area contributed by atoms with Gasteiger partial charge in [-0.3, -0.25) is 9.59 Å². The fraction of sp³-hybridized carbons (Fsp3) is 0.548. The average Bonchev–Trinajstić information content (AvgIpc) is 2.90. The Kier molecular flexibility index (Phi) is 11.8. The van der Waals surface area contributed by atoms with Gasteiger partial charge in [-0.2, -0.15) is 0 Å². The van der Waals surface area contributed by atoms with Crippen LogP contribution in [0, 0.1) is 5.92 Å². The molecule has 0 spiro atoms. The van der Waals surface area contributed by atoms with Crippen LogP contribution >= 0.6 is 0 Å². The molecule has 1 aliphatic heterocycles. The van der Waals surface area contributed by atoms with E-state index in [1.54, 1.807) is 23.1 Å². The Labute approximate surface area is 233 Å². The lowest BCUT2D eigenvalue weighted by atomic mass is 10.0. The number of hydrogen-bond donors (Lipinski definition) is 2. The van der Waals surface area contributed by atoms with E-state index in [1.807, 2.05) is 58.3 Å². The summed E-state index contributed by atoms with van der Waals surface area (Å²) in [5.41, 5.74) is 1.81. The van der Waals surface area contributed by atoms with Crippen molar-refractivity contribution in [1.29, 1.82) is 0 Å². The maximum Gasteiger partial charge on any atom is 0.258 e. The van der Waals surface area contributed by atoms with Gasteiger partial charge in [-0.1, -0.05) is 37.3 Å². The number of ether oxygens (including phenoxy) is 2. The summed E-state index contributed by atoms with van der Waals surface area (Å²) in [6.45, 7) is 7.57. The van der Waals surface area contributed by atoms with Crippen LogP contribution in [0.25, 0.3) is 0 Å². The van der Waals surface area contributed by atoms with Crippen LogP contribution in [0.2, 0.25) is 0 Å². The van der Waals surface area contributed by atoms with E-state index in [0.29, 0.717) is 30.2 Å². The predicted molar refractivity (Wildman–Crippen MR) is 154 cm³/mol. The van der Waals surface area contributed by atoms with Crippen molar-refractivity contribution < 1.29 is 24.2 Å². The molecule has 1 heterocycles. The summed E-state index contributed by atoms with van der Waals surface area (Å²) in [6.07, 6.45) is 2.79. The number of nitrogens with zero attached hydrogens (tertiary/aromatic N) is 2. The molecule has 0 saturated carbocycles. The summed E-state index contributed by atoms with van der Waals surface area (Å²) in [5, 5.41) is 13.0. The third-order valence-corrected chi connectivity index (χ3v) is 7.09. The van der Waals surface area contributed by atoms with Crippen LogP contribution < -0.4 is 10.1 Å². The highest BCUT2D eigenvalue weighted by Gasteiger charge is 2.30. The number of aliphatic hydroxyl groups excluding tert-OH is 1. The number of benzene rings is 2. The smallest absolute Gasteiger partial charge is 0.258 e. The van der Waals surface area contributed by atoms with Gasteiger partial charge in [0.05, 0.1) is 36.8 Å². The molecule has 4 atom stereocenters. The Morgan fingerprint density at radius 2 is 1.90 bits per heavy atom. The zero-order valence-electron chi connectivity index (χ0n) is 24.1. The minimum Gasteiger partial charge on any atom is -0.490 e. The van der Waals surface area contributed by atoms with Gasteiger partial charge in [0.15, 0.2) is 0 Å². The highest BCUT2D eigenvalue weighted by molar-refractivity contribution is 6.00. The SMILES string of the molecule is C[C@@H]1CCCCO[C@H](CN(C)C)[C@H](C)CN([C@@H](C)CO)C(=O)c2cc(NC(=O)Cc3ccccc3)ccc2O1. The molecule has 0 unspecified atom stereocenters. The fourth-order valence-corrected chi connectivity index (χ4v) is 4.81. The number of carbonyl (C=O) groups is 2. The van der Waals surface area contributed by atoms with Crippen molar-refractivity contribution in [2.24, 2.45) is 5.92 Å². The van der Waals surface area contributed by atoms with Crippen molar-refractivity contribution in [3.05, 3.63) is 59.7 Å². The van der Waals surface area contributed by atoms with Crippen molar-refractivity contribution in [2.45, 2.75) is 64.7 Å². The van der Waals surface area contributed by atoms with Crippen LogP contribution in [-0.4, -0.2) is 85.4 Å². The second-order valence-electron chi connectivity index (χ2n) is 11.0. The Bertz CT molecular complexity index is 1060. The zero-order chi connectivity index (χ0) is 28.4. The summed E-state index contributed by atoms with van der Waals surface area (Å²) in [5.74, 6) is 0.104. The quantitative estimate of drug-likeness (QED) is 0.548. The van der Waals surface area contributed by atoms with Gasteiger partial charge >= 0.3 is 0 Å². The molecule has 2 aromatic rings. The van der Waals surface area contributed by atoms with E-state index in [-0.39, 0.29) is 43.0 Å². The molecular formula is C31H45N3O5. The monoisotopic (exact) mass is 539 g/mol. The van der Waals surface area contributed by atoms with Crippen molar-refractivity contribution in [1.82, 2.24) is 9.80 Å². The van der Waals surface area contributed by atoms with Gasteiger partial charge in [-0.25, -0.2) is 0 Å². The number of nitrogens with one attached hydrogen (secondary N) is 1. The molecule has 3 rings (SSSR count). The number of aliphatic hydroxyl groups is 1. The minimum atomic E-state index is -0.408. The van der Waals surface area contributed by atoms with E-state index in [4.69, 9.17) is 9.47 Å². The first kappa shape index (κ1) is 30.6. The molecule has 2 aromatic carbocycles. The molecule has 214 valence electrons. The van der Waals surface area contributed by atoms with Crippen molar-refractivity contribution in [3.63, 3.8) is 0 Å². The maximum absolute atomic E-state index is 14.1. The van der Waals surface area contributed by atoms with E-state index in [9.17, 15) is 14.7 Å². The molecule has 39 heavy (non-hydrogen) atoms. The molecule has 1 aliphatic rings. The summed E-state index contributed by atoms with van der Waals surface area (Å²) >= 11 is 0. The molecule has 0 saturated heterocycles. The van der Waals surface area contributed by atoms with Crippen LogP contribution in [-0.2, 0) is 16.0 Å². The summed E-state index contributed by atoms with van der Waals surface area (Å²) in [6, 6.07) is 14.3. The Morgan fingerprint density at radius 1 is 1.15 bits per heavy atom. The van der Waals surface area contributed by atoms with Gasteiger partial charge in [0.1, 0.15) is 5.75 Å². The maximum atomic E-state index is 14.1. The van der Waals surface area contributed by atoms with Gasteiger partial charge in [0.25, 0.3) is 5.91 Å². The number of likely N-dealkylation sites (N-methyl/N-ethyl adjacent to an activating group) is 1. The van der Waals surface area contributed by atoms with Crippen molar-refractivity contribution in [3.8, 4) is 5.75 Å². The van der Waals surface area contributed by atoms with Crippen LogP contribution in [0.5, 0.6) is 5.75 Å². The second-order valence-corrected chi connectivity index (χ2v) is 11.0. The highest BCUT2D eigenvalue weighted by atomic mass is 16.5. The fourth-order valence-electron chi connectivity index (χ4n) is 4.81. The molecule has 2 amide bonds. The second kappa shape index (κ2) is 15.0. The summed E-state index contributed by atoms with van der Waals surface area (Å²) in [7, 11) is 4.03. The molecule has 8 nitrogen and oxygen atoms in total. The van der Waals surface area contributed by atoms with E-state index in [1.165, 1.54) is 0 Å². The molecule has 0 radical (unpaired) electrons. The Balaban J connectivity index is 1.93. The van der Waals surface area contributed by atoms with Gasteiger partial charge in [-0.05, 0) is 71.0 Å². The van der Waals surface area contributed by atoms with Crippen molar-refractivity contribution in [2.75, 3.05) is 45.7 Å². The number of hydrogen-bond acceptors (Lipinski definition) is 6. The van der Waals surface area contributed by atoms with E-state index in [0.717, 1.165) is 31.4 Å². The Morgan fingerprint density at radius 3 is 2.59 bits per heavy atom. The van der Waals surface area contributed by atoms with Crippen LogP contribution in [0.1, 0.15) is 56.0 Å². The first-order chi connectivity index (χ1) is 18.7. The molecule has 8 heteroatoms. The van der Waals surface area contributed by atoms with Gasteiger partial charge in [-0.15, -0.1) is 0 Å². The third kappa shape index (κ3) is 9.34. The number of amides is 2. The average molecular weight is 540 g/mol. The lowest BCUT2D eigenvalue weighted by molar-refractivity contribution is -0.115. The molecule has 2 N–H and O–H groups in total. The predicted octanol–water partition coefficient (Wildman–Crippen LogP) is 4.22. The third-order valence-electron chi connectivity index (χ3n) is 7.09. The number of carbonyl (C=O) groups excluding carboxylic acids is 2. The standard InChI is InChI=1S/C31H45N3O5/c1-22-19-34(23(2)21-35)31(37)27-18-26(32-30(36)17-25-12-7-6-8-13-25)14-15-28(27)39-24(3)11-9-10-16-38-29(22)20-33(4)5/h6-8,12-15,18,22-24,29,35H,9-11,16-17,19-21H2,1-5H3,(H,32,36)/t22-,23+,24-,29-/m1/s1. The minimum absolute atomic E-state index is 0.0327. The lowest BCUT2D eigenvalue weighted by Gasteiger charge is -2.35. The van der Waals surface area contributed by atoms with Crippen LogP contribution in [0.4, 0.5) is 5.69 Å². The molecular weight excluding hydrogens is 494 g/mol. The Hall–Kier alpha value is -2.94. The largest absolute Gasteiger partial charge is 0.490 e. The van der Waals surface area contributed by atoms with E-state index < -0.39 is 6.04 Å². The first-order valence-electron chi connectivity index (χ1n) is 14.0. The van der Waals surface area contributed by atoms with Gasteiger partial charge in [0.2, 0.25) is 5.91 Å². The first-order valence-corrected chi connectivity index (χ1v) is 14.0. The number of anilines is 1. The summed E-state index contributed by atoms with van der Waals surface area (Å²) < 4.78 is 12.6. The highest BCUT2D eigenvalue weighted by Crippen LogP contribution is 2.28. The lowest BCUT2D eigenvalue weighted by Crippen LogP contribution is -2.47. The molecule has 0 aliphatic carbocycles. The van der Waals surface area contributed by atoms with Crippen molar-refractivity contribution >= 4 is 17.5 Å². The number of rotatable bonds is 7. The van der Waals surface area contributed by atoms with Gasteiger partial charge < -0.3 is 29.7 Å². The molecule has 0 aromatic heterocycles. The topological polar surface area (TPSA) is 91.3 Å². The molecule has 0 fully saturated rings. The normalized spacial score (nSPS) is 22.0. The molecule has 0 bridgehead atoms. The zero-order valence-corrected chi connectivity index (χ0v) is 24.1.